The standard InChI is InChI=1S/C20H33N5O2/c1-5-21-19(23-15-18(26)24-20(2,3)4)22-14-16-6-8-17(9-7-16)25-10-12-27-13-11-25/h6-9H,5,10-15H2,1-4H3,(H,24,26)(H2,21,22,23). The van der Waals surface area contributed by atoms with E-state index in [1.165, 1.54) is 5.69 Å². The number of hydrogen-bond acceptors (Lipinski definition) is 4. The molecular weight excluding hydrogens is 342 g/mol. The number of anilines is 1. The zero-order valence-electron chi connectivity index (χ0n) is 17.0. The summed E-state index contributed by atoms with van der Waals surface area (Å²) >= 11 is 0. The maximum absolute atomic E-state index is 12.0. The molecule has 1 aliphatic rings. The van der Waals surface area contributed by atoms with E-state index in [0.29, 0.717) is 12.5 Å². The lowest BCUT2D eigenvalue weighted by molar-refractivity contribution is -0.121. The van der Waals surface area contributed by atoms with E-state index in [2.05, 4.69) is 50.1 Å². The first kappa shape index (κ1) is 21.0. The van der Waals surface area contributed by atoms with Crippen LogP contribution in [0.15, 0.2) is 29.3 Å². The summed E-state index contributed by atoms with van der Waals surface area (Å²) in [4.78, 5) is 18.9. The molecule has 0 radical (unpaired) electrons. The fourth-order valence-corrected chi connectivity index (χ4v) is 2.77. The Hall–Kier alpha value is -2.28. The minimum Gasteiger partial charge on any atom is -0.378 e. The summed E-state index contributed by atoms with van der Waals surface area (Å²) in [5.41, 5.74) is 2.11. The summed E-state index contributed by atoms with van der Waals surface area (Å²) in [6.07, 6.45) is 0. The van der Waals surface area contributed by atoms with Crippen LogP contribution >= 0.6 is 0 Å². The highest BCUT2D eigenvalue weighted by Crippen LogP contribution is 2.17. The van der Waals surface area contributed by atoms with Gasteiger partial charge in [-0.2, -0.15) is 0 Å². The molecule has 1 aromatic carbocycles. The van der Waals surface area contributed by atoms with Gasteiger partial charge in [0.05, 0.1) is 26.3 Å². The summed E-state index contributed by atoms with van der Waals surface area (Å²) in [6, 6.07) is 8.47. The lowest BCUT2D eigenvalue weighted by Gasteiger charge is -2.28. The van der Waals surface area contributed by atoms with Gasteiger partial charge < -0.3 is 25.6 Å². The van der Waals surface area contributed by atoms with E-state index in [-0.39, 0.29) is 18.0 Å². The predicted octanol–water partition coefficient (Wildman–Crippen LogP) is 1.49. The number of carbonyl (C=O) groups excluding carboxylic acids is 1. The average Bonchev–Trinajstić information content (AvgIpc) is 2.64. The Bertz CT molecular complexity index is 616. The van der Waals surface area contributed by atoms with Crippen LogP contribution in [0.5, 0.6) is 0 Å². The van der Waals surface area contributed by atoms with Gasteiger partial charge in [0, 0.05) is 30.9 Å². The molecule has 7 nitrogen and oxygen atoms in total. The summed E-state index contributed by atoms with van der Waals surface area (Å²) in [7, 11) is 0. The molecule has 1 amide bonds. The van der Waals surface area contributed by atoms with Gasteiger partial charge in [0.25, 0.3) is 0 Å². The molecule has 0 saturated carbocycles. The van der Waals surface area contributed by atoms with Crippen molar-refractivity contribution in [1.29, 1.82) is 0 Å². The first-order valence-electron chi connectivity index (χ1n) is 9.62. The van der Waals surface area contributed by atoms with E-state index in [4.69, 9.17) is 4.74 Å². The van der Waals surface area contributed by atoms with E-state index < -0.39 is 0 Å². The largest absolute Gasteiger partial charge is 0.378 e. The number of aliphatic imine (C=N–C) groups is 1. The van der Waals surface area contributed by atoms with Crippen molar-refractivity contribution in [2.45, 2.75) is 39.8 Å². The molecule has 0 spiro atoms. The molecule has 1 saturated heterocycles. The molecule has 3 N–H and O–H groups in total. The minimum absolute atomic E-state index is 0.0528. The van der Waals surface area contributed by atoms with E-state index >= 15 is 0 Å². The van der Waals surface area contributed by atoms with Crippen molar-refractivity contribution in [2.24, 2.45) is 4.99 Å². The molecular formula is C20H33N5O2. The van der Waals surface area contributed by atoms with Gasteiger partial charge in [-0.05, 0) is 45.4 Å². The second kappa shape index (κ2) is 10.2. The van der Waals surface area contributed by atoms with Gasteiger partial charge in [-0.15, -0.1) is 0 Å². The van der Waals surface area contributed by atoms with Gasteiger partial charge in [0.1, 0.15) is 0 Å². The molecule has 27 heavy (non-hydrogen) atoms. The number of ether oxygens (including phenoxy) is 1. The number of hydrogen-bond donors (Lipinski definition) is 3. The molecule has 1 heterocycles. The van der Waals surface area contributed by atoms with Crippen LogP contribution in [0.25, 0.3) is 0 Å². The lowest BCUT2D eigenvalue weighted by atomic mass is 10.1. The second-order valence-electron chi connectivity index (χ2n) is 7.61. The zero-order chi connectivity index (χ0) is 19.7. The van der Waals surface area contributed by atoms with Gasteiger partial charge in [0.15, 0.2) is 5.96 Å². The van der Waals surface area contributed by atoms with Crippen LogP contribution in [-0.4, -0.2) is 56.8 Å². The van der Waals surface area contributed by atoms with E-state index in [0.717, 1.165) is 38.4 Å². The fourth-order valence-electron chi connectivity index (χ4n) is 2.77. The maximum atomic E-state index is 12.0. The number of benzene rings is 1. The Morgan fingerprint density at radius 2 is 1.81 bits per heavy atom. The summed E-state index contributed by atoms with van der Waals surface area (Å²) in [5.74, 6) is 0.585. The number of morpholine rings is 1. The molecule has 1 fully saturated rings. The van der Waals surface area contributed by atoms with Crippen LogP contribution in [0.1, 0.15) is 33.3 Å². The van der Waals surface area contributed by atoms with Gasteiger partial charge in [-0.1, -0.05) is 12.1 Å². The topological polar surface area (TPSA) is 78.0 Å². The molecule has 7 heteroatoms. The fraction of sp³-hybridized carbons (Fsp3) is 0.600. The van der Waals surface area contributed by atoms with Gasteiger partial charge >= 0.3 is 0 Å². The number of nitrogens with one attached hydrogen (secondary N) is 3. The molecule has 0 aliphatic carbocycles. The van der Waals surface area contributed by atoms with Gasteiger partial charge in [-0.3, -0.25) is 4.79 Å². The third-order valence-electron chi connectivity index (χ3n) is 4.01. The van der Waals surface area contributed by atoms with E-state index in [1.807, 2.05) is 27.7 Å². The monoisotopic (exact) mass is 375 g/mol. The Labute approximate surface area is 162 Å². The Balaban J connectivity index is 1.88. The Morgan fingerprint density at radius 3 is 2.41 bits per heavy atom. The Kier molecular flexibility index (Phi) is 7.91. The summed E-state index contributed by atoms with van der Waals surface area (Å²) in [6.45, 7) is 12.8. The highest BCUT2D eigenvalue weighted by atomic mass is 16.5. The normalized spacial score (nSPS) is 15.4. The van der Waals surface area contributed by atoms with Crippen LogP contribution < -0.4 is 20.9 Å². The maximum Gasteiger partial charge on any atom is 0.239 e. The van der Waals surface area contributed by atoms with Crippen molar-refractivity contribution in [3.8, 4) is 0 Å². The molecule has 0 bridgehead atoms. The first-order chi connectivity index (χ1) is 12.9. The van der Waals surface area contributed by atoms with Crippen molar-refractivity contribution in [3.63, 3.8) is 0 Å². The molecule has 1 aliphatic heterocycles. The van der Waals surface area contributed by atoms with Crippen molar-refractivity contribution >= 4 is 17.6 Å². The highest BCUT2D eigenvalue weighted by molar-refractivity contribution is 5.86. The van der Waals surface area contributed by atoms with Gasteiger partial charge in [-0.25, -0.2) is 4.99 Å². The van der Waals surface area contributed by atoms with Crippen molar-refractivity contribution < 1.29 is 9.53 Å². The van der Waals surface area contributed by atoms with Crippen LogP contribution in [0.4, 0.5) is 5.69 Å². The number of nitrogens with zero attached hydrogens (tertiary/aromatic N) is 2. The van der Waals surface area contributed by atoms with Gasteiger partial charge in [0.2, 0.25) is 5.91 Å². The quantitative estimate of drug-likeness (QED) is 0.519. The van der Waals surface area contributed by atoms with Crippen LogP contribution in [-0.2, 0) is 16.1 Å². The lowest BCUT2D eigenvalue weighted by Crippen LogP contribution is -2.48. The molecule has 0 unspecified atom stereocenters. The van der Waals surface area contributed by atoms with E-state index in [1.54, 1.807) is 0 Å². The number of amides is 1. The smallest absolute Gasteiger partial charge is 0.239 e. The molecule has 0 aromatic heterocycles. The summed E-state index contributed by atoms with van der Waals surface area (Å²) < 4.78 is 5.40. The average molecular weight is 376 g/mol. The third kappa shape index (κ3) is 7.86. The molecule has 150 valence electrons. The SMILES string of the molecule is CCNC(=NCc1ccc(N2CCOCC2)cc1)NCC(=O)NC(C)(C)C. The van der Waals surface area contributed by atoms with Crippen LogP contribution in [0, 0.1) is 0 Å². The third-order valence-corrected chi connectivity index (χ3v) is 4.01. The molecule has 1 aromatic rings. The van der Waals surface area contributed by atoms with Crippen molar-refractivity contribution in [1.82, 2.24) is 16.0 Å². The predicted molar refractivity (Wildman–Crippen MR) is 110 cm³/mol. The minimum atomic E-state index is -0.240. The highest BCUT2D eigenvalue weighted by Gasteiger charge is 2.14. The Morgan fingerprint density at radius 1 is 1.15 bits per heavy atom. The van der Waals surface area contributed by atoms with Crippen molar-refractivity contribution in [3.05, 3.63) is 29.8 Å². The summed E-state index contributed by atoms with van der Waals surface area (Å²) in [5, 5.41) is 9.18. The van der Waals surface area contributed by atoms with Crippen LogP contribution in [0.2, 0.25) is 0 Å². The van der Waals surface area contributed by atoms with Crippen molar-refractivity contribution in [2.75, 3.05) is 44.3 Å². The number of guanidine groups is 1. The molecule has 0 atom stereocenters. The number of carbonyl (C=O) groups is 1. The zero-order valence-corrected chi connectivity index (χ0v) is 17.0. The van der Waals surface area contributed by atoms with E-state index in [9.17, 15) is 4.79 Å². The second-order valence-corrected chi connectivity index (χ2v) is 7.61. The first-order valence-corrected chi connectivity index (χ1v) is 9.62. The molecule has 2 rings (SSSR count). The van der Waals surface area contributed by atoms with Crippen LogP contribution in [0.3, 0.4) is 0 Å². The number of rotatable bonds is 6.